The Morgan fingerprint density at radius 2 is 1.34 bits per heavy atom. The SMILES string of the molecule is C[C@@H]1O[C@@H](O[C@H]2[C@H](O[C@H]3CC[C@@]4(C)C(=CC[C@H]5[C@@H]6C[C@@H]7O[C@]8(CC[C@@H](CO)CO8)[C@@H](C)[C@@H]7[C@@]6(C)CC[C@@H]54)C3)O[C@H](CO)[C@@H](O[C@@H]3O[C@@H](C)[C@H](O)[C@@H](O)[C@H]3O)[C@@H]2O)[C@H](O)[C@H](O)[C@H]1O. The van der Waals surface area contributed by atoms with Crippen LogP contribution in [0.3, 0.4) is 0 Å². The normalized spacial score (nSPS) is 57.6. The summed E-state index contributed by atoms with van der Waals surface area (Å²) in [5.41, 5.74) is 1.44. The van der Waals surface area contributed by atoms with Crippen molar-refractivity contribution in [3.05, 3.63) is 11.6 Å². The van der Waals surface area contributed by atoms with Gasteiger partial charge in [-0.05, 0) is 99.7 Å². The molecule has 5 heterocycles. The fourth-order valence-electron chi connectivity index (χ4n) is 14.1. The number of aliphatic hydroxyl groups is 9. The molecule has 62 heavy (non-hydrogen) atoms. The van der Waals surface area contributed by atoms with Gasteiger partial charge in [0.05, 0.1) is 37.6 Å². The maximum Gasteiger partial charge on any atom is 0.187 e. The second kappa shape index (κ2) is 17.3. The summed E-state index contributed by atoms with van der Waals surface area (Å²) in [6, 6.07) is 0. The van der Waals surface area contributed by atoms with Crippen molar-refractivity contribution in [2.75, 3.05) is 19.8 Å². The van der Waals surface area contributed by atoms with Crippen molar-refractivity contribution >= 4 is 0 Å². The van der Waals surface area contributed by atoms with Gasteiger partial charge in [0, 0.05) is 24.9 Å². The summed E-state index contributed by atoms with van der Waals surface area (Å²) >= 11 is 0. The van der Waals surface area contributed by atoms with Gasteiger partial charge in [-0.3, -0.25) is 0 Å². The zero-order valence-corrected chi connectivity index (χ0v) is 36.6. The standard InChI is InChI=1S/C45H72O17/c1-19-30-28(62-45(19)13-8-22(16-46)18-55-45)15-27-25-7-6-23-14-24(9-11-43(23,4)26(25)10-12-44(27,30)5)58-42-39(61-41-36(53)34(51)32(49)21(3)57-41)37(54)38(29(17-47)59-42)60-40-35(52)33(50)31(48)20(2)56-40/h6,19-22,24-42,46-54H,7-18H2,1-5H3/t19-,20-,21-,22-,24-,25+,26-,27-,28-,29+,30-,31-,32-,33+,34+,35+,36+,37-,38+,39+,40-,41-,42+,43-,44-,45+/m0/s1. The first-order valence-corrected chi connectivity index (χ1v) is 23.4. The van der Waals surface area contributed by atoms with Crippen molar-refractivity contribution < 1.29 is 83.9 Å². The molecule has 9 aliphatic rings. The average Bonchev–Trinajstić information content (AvgIpc) is 3.70. The van der Waals surface area contributed by atoms with Gasteiger partial charge in [0.1, 0.15) is 61.0 Å². The highest BCUT2D eigenvalue weighted by molar-refractivity contribution is 5.26. The number of fused-ring (bicyclic) bond motifs is 7. The lowest BCUT2D eigenvalue weighted by Gasteiger charge is -2.59. The van der Waals surface area contributed by atoms with Crippen LogP contribution in [0.4, 0.5) is 0 Å². The van der Waals surface area contributed by atoms with E-state index in [0.29, 0.717) is 43.1 Å². The van der Waals surface area contributed by atoms with Gasteiger partial charge in [0.25, 0.3) is 0 Å². The Morgan fingerprint density at radius 1 is 0.677 bits per heavy atom. The predicted molar refractivity (Wildman–Crippen MR) is 214 cm³/mol. The van der Waals surface area contributed by atoms with Crippen LogP contribution in [0.5, 0.6) is 0 Å². The summed E-state index contributed by atoms with van der Waals surface area (Å²) < 4.78 is 50.0. The van der Waals surface area contributed by atoms with E-state index >= 15 is 0 Å². The minimum absolute atomic E-state index is 0.0417. The van der Waals surface area contributed by atoms with Gasteiger partial charge in [0.2, 0.25) is 0 Å². The van der Waals surface area contributed by atoms with Crippen LogP contribution in [0.2, 0.25) is 0 Å². The largest absolute Gasteiger partial charge is 0.396 e. The molecule has 9 rings (SSSR count). The Balaban J connectivity index is 0.911. The third-order valence-electron chi connectivity index (χ3n) is 17.8. The average molecular weight is 885 g/mol. The van der Waals surface area contributed by atoms with Crippen molar-refractivity contribution in [3.8, 4) is 0 Å². The minimum atomic E-state index is -1.71. The van der Waals surface area contributed by atoms with Crippen molar-refractivity contribution in [2.45, 2.75) is 203 Å². The topological polar surface area (TPSA) is 256 Å². The molecular weight excluding hydrogens is 812 g/mol. The van der Waals surface area contributed by atoms with Crippen molar-refractivity contribution in [3.63, 3.8) is 0 Å². The van der Waals surface area contributed by atoms with Gasteiger partial charge in [-0.15, -0.1) is 0 Å². The Kier molecular flexibility index (Phi) is 12.9. The molecule has 8 fully saturated rings. The van der Waals surface area contributed by atoms with Crippen LogP contribution in [0.15, 0.2) is 11.6 Å². The number of hydrogen-bond donors (Lipinski definition) is 9. The quantitative estimate of drug-likeness (QED) is 0.148. The minimum Gasteiger partial charge on any atom is -0.396 e. The summed E-state index contributed by atoms with van der Waals surface area (Å²) in [7, 11) is 0. The molecular formula is C45H72O17. The van der Waals surface area contributed by atoms with E-state index in [1.807, 2.05) is 0 Å². The summed E-state index contributed by atoms with van der Waals surface area (Å²) in [6.07, 6.45) is -11.2. The first-order chi connectivity index (χ1) is 29.4. The Hall–Kier alpha value is -0.940. The molecule has 17 heteroatoms. The van der Waals surface area contributed by atoms with E-state index in [1.165, 1.54) is 19.4 Å². The number of aliphatic hydroxyl groups excluding tert-OH is 9. The van der Waals surface area contributed by atoms with Crippen LogP contribution < -0.4 is 0 Å². The first kappa shape index (κ1) is 46.2. The van der Waals surface area contributed by atoms with Gasteiger partial charge >= 0.3 is 0 Å². The van der Waals surface area contributed by atoms with E-state index in [-0.39, 0.29) is 41.5 Å². The predicted octanol–water partition coefficient (Wildman–Crippen LogP) is 0.214. The fraction of sp³-hybridized carbons (Fsp3) is 0.956. The van der Waals surface area contributed by atoms with Crippen LogP contribution in [0.1, 0.15) is 92.4 Å². The molecule has 0 aromatic carbocycles. The molecule has 4 aliphatic carbocycles. The van der Waals surface area contributed by atoms with Crippen molar-refractivity contribution in [1.29, 1.82) is 0 Å². The van der Waals surface area contributed by atoms with Gasteiger partial charge in [-0.2, -0.15) is 0 Å². The van der Waals surface area contributed by atoms with E-state index < -0.39 is 105 Å². The van der Waals surface area contributed by atoms with Crippen LogP contribution >= 0.6 is 0 Å². The molecule has 26 atom stereocenters. The summed E-state index contributed by atoms with van der Waals surface area (Å²) in [5.74, 6) is 1.89. The summed E-state index contributed by atoms with van der Waals surface area (Å²) in [5, 5.41) is 95.6. The Bertz CT molecular complexity index is 1610. The Morgan fingerprint density at radius 3 is 1.95 bits per heavy atom. The molecule has 0 radical (unpaired) electrons. The molecule has 5 saturated heterocycles. The third-order valence-corrected chi connectivity index (χ3v) is 17.8. The van der Waals surface area contributed by atoms with Gasteiger partial charge in [0.15, 0.2) is 24.7 Å². The van der Waals surface area contributed by atoms with E-state index in [1.54, 1.807) is 0 Å². The molecule has 5 aliphatic heterocycles. The molecule has 9 N–H and O–H groups in total. The van der Waals surface area contributed by atoms with Crippen LogP contribution in [0.25, 0.3) is 0 Å². The monoisotopic (exact) mass is 884 g/mol. The summed E-state index contributed by atoms with van der Waals surface area (Å²) in [6.45, 7) is 10.3. The summed E-state index contributed by atoms with van der Waals surface area (Å²) in [4.78, 5) is 0. The van der Waals surface area contributed by atoms with Crippen LogP contribution in [-0.4, -0.2) is 176 Å². The zero-order valence-electron chi connectivity index (χ0n) is 36.6. The number of allylic oxidation sites excluding steroid dienone is 1. The van der Waals surface area contributed by atoms with E-state index in [4.69, 9.17) is 37.9 Å². The van der Waals surface area contributed by atoms with Crippen molar-refractivity contribution in [2.24, 2.45) is 46.3 Å². The lowest BCUT2D eigenvalue weighted by molar-refractivity contribution is -0.388. The molecule has 0 aromatic heterocycles. The molecule has 354 valence electrons. The molecule has 0 aromatic rings. The van der Waals surface area contributed by atoms with Gasteiger partial charge in [-0.1, -0.05) is 32.4 Å². The molecule has 1 spiro atoms. The highest BCUT2D eigenvalue weighted by Gasteiger charge is 2.69. The lowest BCUT2D eigenvalue weighted by Crippen LogP contribution is -2.66. The van der Waals surface area contributed by atoms with Gasteiger partial charge < -0.3 is 83.9 Å². The molecule has 17 nitrogen and oxygen atoms in total. The maximum atomic E-state index is 12.0. The molecule has 0 unspecified atom stereocenters. The van der Waals surface area contributed by atoms with E-state index in [0.717, 1.165) is 44.9 Å². The van der Waals surface area contributed by atoms with Crippen LogP contribution in [0, 0.1) is 46.3 Å². The van der Waals surface area contributed by atoms with E-state index in [9.17, 15) is 46.0 Å². The molecule has 3 saturated carbocycles. The first-order valence-electron chi connectivity index (χ1n) is 23.4. The zero-order chi connectivity index (χ0) is 44.2. The van der Waals surface area contributed by atoms with Crippen molar-refractivity contribution in [1.82, 2.24) is 0 Å². The fourth-order valence-corrected chi connectivity index (χ4v) is 14.1. The second-order valence-corrected chi connectivity index (χ2v) is 21.0. The molecule has 0 bridgehead atoms. The van der Waals surface area contributed by atoms with Gasteiger partial charge in [-0.25, -0.2) is 0 Å². The number of ether oxygens (including phenoxy) is 8. The maximum absolute atomic E-state index is 12.0. The number of rotatable bonds is 8. The smallest absolute Gasteiger partial charge is 0.187 e. The van der Waals surface area contributed by atoms with E-state index in [2.05, 4.69) is 26.8 Å². The molecule has 0 amide bonds. The highest BCUT2D eigenvalue weighted by atomic mass is 16.8. The third kappa shape index (κ3) is 7.49. The second-order valence-electron chi connectivity index (χ2n) is 21.0. The number of hydrogen-bond acceptors (Lipinski definition) is 17. The lowest BCUT2D eigenvalue weighted by atomic mass is 9.47. The Labute approximate surface area is 363 Å². The highest BCUT2D eigenvalue weighted by Crippen LogP contribution is 2.70. The van der Waals surface area contributed by atoms with Crippen LogP contribution in [-0.2, 0) is 37.9 Å².